The van der Waals surface area contributed by atoms with E-state index in [0.717, 1.165) is 0 Å². The molecule has 18 heavy (non-hydrogen) atoms. The zero-order chi connectivity index (χ0) is 12.8. The van der Waals surface area contributed by atoms with Crippen molar-refractivity contribution in [3.05, 3.63) is 0 Å². The maximum Gasteiger partial charge on any atom is 0.0586 e. The highest BCUT2D eigenvalue weighted by Crippen LogP contribution is 2.22. The summed E-state index contributed by atoms with van der Waals surface area (Å²) in [6, 6.07) is 1.09. The lowest BCUT2D eigenvalue weighted by Crippen LogP contribution is -2.48. The molecular weight excluding hydrogens is 224 g/mol. The smallest absolute Gasteiger partial charge is 0.0586 e. The molecule has 2 atom stereocenters. The fourth-order valence-corrected chi connectivity index (χ4v) is 3.60. The Morgan fingerprint density at radius 1 is 1.00 bits per heavy atom. The minimum atomic E-state index is 0.341. The first kappa shape index (κ1) is 14.3. The second kappa shape index (κ2) is 7.46. The van der Waals surface area contributed by atoms with Gasteiger partial charge >= 0.3 is 0 Å². The van der Waals surface area contributed by atoms with Crippen molar-refractivity contribution in [1.29, 1.82) is 0 Å². The minimum absolute atomic E-state index is 0.341. The zero-order valence-corrected chi connectivity index (χ0v) is 12.0. The van der Waals surface area contributed by atoms with E-state index in [-0.39, 0.29) is 0 Å². The Balaban J connectivity index is 1.69. The molecule has 0 aliphatic carbocycles. The lowest BCUT2D eigenvalue weighted by atomic mass is 9.96. The van der Waals surface area contributed by atoms with Crippen LogP contribution in [-0.2, 0) is 0 Å². The van der Waals surface area contributed by atoms with Crippen LogP contribution in [0.3, 0.4) is 0 Å². The Morgan fingerprint density at radius 2 is 1.78 bits per heavy atom. The van der Waals surface area contributed by atoms with E-state index in [0.29, 0.717) is 18.7 Å². The topological polar surface area (TPSA) is 26.7 Å². The Kier molecular flexibility index (Phi) is 5.93. The molecule has 0 aromatic carbocycles. The van der Waals surface area contributed by atoms with Crippen molar-refractivity contribution in [1.82, 2.24) is 9.80 Å². The third-order valence-corrected chi connectivity index (χ3v) is 4.74. The van der Waals surface area contributed by atoms with E-state index in [1.165, 1.54) is 71.1 Å². The number of nitrogens with zero attached hydrogens (tertiary/aromatic N) is 2. The first-order valence-electron chi connectivity index (χ1n) is 7.90. The van der Waals surface area contributed by atoms with E-state index >= 15 is 0 Å². The van der Waals surface area contributed by atoms with Gasteiger partial charge in [-0.05, 0) is 58.7 Å². The first-order chi connectivity index (χ1) is 8.81. The molecule has 2 heterocycles. The summed E-state index contributed by atoms with van der Waals surface area (Å²) in [5.74, 6) is 0. The van der Waals surface area contributed by atoms with E-state index < -0.39 is 0 Å². The molecule has 0 aromatic heterocycles. The van der Waals surface area contributed by atoms with Crippen LogP contribution >= 0.6 is 0 Å². The average molecular weight is 254 g/mol. The number of likely N-dealkylation sites (tertiary alicyclic amines) is 2. The quantitative estimate of drug-likeness (QED) is 0.814. The first-order valence-corrected chi connectivity index (χ1v) is 7.90. The van der Waals surface area contributed by atoms with Gasteiger partial charge in [0.25, 0.3) is 0 Å². The van der Waals surface area contributed by atoms with E-state index in [4.69, 9.17) is 0 Å². The molecule has 2 aliphatic rings. The summed E-state index contributed by atoms with van der Waals surface area (Å²) >= 11 is 0. The summed E-state index contributed by atoms with van der Waals surface area (Å²) < 4.78 is 0. The largest absolute Gasteiger partial charge is 0.395 e. The summed E-state index contributed by atoms with van der Waals surface area (Å²) in [5, 5.41) is 9.48. The van der Waals surface area contributed by atoms with Gasteiger partial charge in [0.1, 0.15) is 0 Å². The van der Waals surface area contributed by atoms with Crippen molar-refractivity contribution in [2.45, 2.75) is 64.0 Å². The van der Waals surface area contributed by atoms with Gasteiger partial charge in [-0.2, -0.15) is 0 Å². The second-order valence-corrected chi connectivity index (χ2v) is 6.11. The van der Waals surface area contributed by atoms with Crippen LogP contribution in [0.25, 0.3) is 0 Å². The molecule has 0 radical (unpaired) electrons. The molecule has 3 heteroatoms. The molecule has 1 N–H and O–H groups in total. The molecule has 2 unspecified atom stereocenters. The molecule has 2 saturated heterocycles. The summed E-state index contributed by atoms with van der Waals surface area (Å²) in [5.41, 5.74) is 0. The van der Waals surface area contributed by atoms with Gasteiger partial charge in [0.2, 0.25) is 0 Å². The molecule has 2 fully saturated rings. The number of aliphatic hydroxyl groups is 1. The Bertz CT molecular complexity index is 229. The summed E-state index contributed by atoms with van der Waals surface area (Å²) in [4.78, 5) is 5.17. The predicted octanol–water partition coefficient (Wildman–Crippen LogP) is 2.10. The van der Waals surface area contributed by atoms with Crippen LogP contribution in [-0.4, -0.2) is 59.8 Å². The fourth-order valence-electron chi connectivity index (χ4n) is 3.60. The normalized spacial score (nSPS) is 31.7. The molecule has 3 nitrogen and oxygen atoms in total. The van der Waals surface area contributed by atoms with Crippen LogP contribution in [0.15, 0.2) is 0 Å². The van der Waals surface area contributed by atoms with E-state index in [9.17, 15) is 5.11 Å². The monoisotopic (exact) mass is 254 g/mol. The zero-order valence-electron chi connectivity index (χ0n) is 12.0. The van der Waals surface area contributed by atoms with Gasteiger partial charge in [-0.25, -0.2) is 0 Å². The van der Waals surface area contributed by atoms with Crippen LogP contribution in [0.1, 0.15) is 51.9 Å². The van der Waals surface area contributed by atoms with Gasteiger partial charge in [0.05, 0.1) is 6.61 Å². The minimum Gasteiger partial charge on any atom is -0.395 e. The maximum absolute atomic E-state index is 9.48. The second-order valence-electron chi connectivity index (χ2n) is 6.11. The number of aliphatic hydroxyl groups excluding tert-OH is 1. The molecule has 106 valence electrons. The molecule has 2 rings (SSSR count). The molecule has 0 aromatic rings. The van der Waals surface area contributed by atoms with Crippen molar-refractivity contribution < 1.29 is 5.11 Å². The Hall–Kier alpha value is -0.120. The maximum atomic E-state index is 9.48. The number of hydrogen-bond acceptors (Lipinski definition) is 3. The lowest BCUT2D eigenvalue weighted by molar-refractivity contribution is 0.0477. The van der Waals surface area contributed by atoms with Crippen LogP contribution in [0, 0.1) is 0 Å². The van der Waals surface area contributed by atoms with Gasteiger partial charge in [0, 0.05) is 18.6 Å². The number of piperidine rings is 2. The molecule has 0 amide bonds. The molecule has 2 aliphatic heterocycles. The van der Waals surface area contributed by atoms with Gasteiger partial charge in [-0.15, -0.1) is 0 Å². The molecule has 0 saturated carbocycles. The van der Waals surface area contributed by atoms with E-state index in [1.807, 2.05) is 0 Å². The Morgan fingerprint density at radius 3 is 2.50 bits per heavy atom. The van der Waals surface area contributed by atoms with Gasteiger partial charge < -0.3 is 10.0 Å². The van der Waals surface area contributed by atoms with Crippen molar-refractivity contribution in [3.63, 3.8) is 0 Å². The lowest BCUT2D eigenvalue weighted by Gasteiger charge is -2.40. The number of rotatable bonds is 5. The van der Waals surface area contributed by atoms with Gasteiger partial charge in [-0.1, -0.05) is 12.8 Å². The van der Waals surface area contributed by atoms with Crippen molar-refractivity contribution in [2.24, 2.45) is 0 Å². The van der Waals surface area contributed by atoms with Gasteiger partial charge in [0.15, 0.2) is 0 Å². The summed E-state index contributed by atoms with van der Waals surface area (Å²) in [6.45, 7) is 7.69. The standard InChI is InChI=1S/C15H30N2O/c1-14-7-5-8-15(13-18)17(14)12-6-11-16-9-3-2-4-10-16/h14-15,18H,2-13H2,1H3. The predicted molar refractivity (Wildman–Crippen MR) is 75.8 cm³/mol. The third kappa shape index (κ3) is 3.94. The van der Waals surface area contributed by atoms with Crippen LogP contribution < -0.4 is 0 Å². The average Bonchev–Trinajstić information content (AvgIpc) is 2.41. The van der Waals surface area contributed by atoms with Crippen molar-refractivity contribution in [3.8, 4) is 0 Å². The van der Waals surface area contributed by atoms with Gasteiger partial charge in [-0.3, -0.25) is 4.90 Å². The Labute approximate surface area is 112 Å². The molecule has 0 spiro atoms. The highest BCUT2D eigenvalue weighted by molar-refractivity contribution is 4.82. The number of hydrogen-bond donors (Lipinski definition) is 1. The van der Waals surface area contributed by atoms with Crippen LogP contribution in [0.5, 0.6) is 0 Å². The van der Waals surface area contributed by atoms with E-state index in [1.54, 1.807) is 0 Å². The van der Waals surface area contributed by atoms with E-state index in [2.05, 4.69) is 16.7 Å². The van der Waals surface area contributed by atoms with Crippen molar-refractivity contribution >= 4 is 0 Å². The highest BCUT2D eigenvalue weighted by atomic mass is 16.3. The van der Waals surface area contributed by atoms with Crippen LogP contribution in [0.4, 0.5) is 0 Å². The third-order valence-electron chi connectivity index (χ3n) is 4.74. The van der Waals surface area contributed by atoms with Crippen LogP contribution in [0.2, 0.25) is 0 Å². The SMILES string of the molecule is CC1CCCC(CO)N1CCCN1CCCCC1. The summed E-state index contributed by atoms with van der Waals surface area (Å²) in [7, 11) is 0. The summed E-state index contributed by atoms with van der Waals surface area (Å²) in [6.07, 6.45) is 9.24. The molecule has 0 bridgehead atoms. The van der Waals surface area contributed by atoms with Crippen molar-refractivity contribution in [2.75, 3.05) is 32.8 Å². The highest BCUT2D eigenvalue weighted by Gasteiger charge is 2.26. The molecular formula is C15H30N2O. The fraction of sp³-hybridized carbons (Fsp3) is 1.00.